The smallest absolute Gasteiger partial charge is 0.144 e. The Balaban J connectivity index is 2.80. The van der Waals surface area contributed by atoms with Crippen LogP contribution in [0, 0.1) is 0 Å². The average molecular weight is 201 g/mol. The minimum Gasteiger partial charge on any atom is 0.144 e. The van der Waals surface area contributed by atoms with E-state index in [-0.39, 0.29) is 0 Å². The van der Waals surface area contributed by atoms with E-state index in [1.54, 1.807) is 0 Å². The van der Waals surface area contributed by atoms with E-state index in [1.165, 1.54) is 0 Å². The van der Waals surface area contributed by atoms with E-state index in [4.69, 9.17) is 7.57 Å². The first-order chi connectivity index (χ1) is 1.73. The number of rotatable bonds is 0. The molecule has 1 atom stereocenters. The third kappa shape index (κ3) is 10.3. The molecule has 0 saturated carbocycles. The molecule has 0 nitrogen and oxygen atoms in total. The summed E-state index contributed by atoms with van der Waals surface area (Å²) < 4.78 is -0.567. The maximum atomic E-state index is 4.98. The highest BCUT2D eigenvalue weighted by Gasteiger charge is 1.83. The van der Waals surface area contributed by atoms with Gasteiger partial charge < -0.3 is 0 Å². The second-order valence-electron chi connectivity index (χ2n) is 0.272. The second-order valence-corrected chi connectivity index (χ2v) is 7.08. The standard InChI is InChI=1S/BIPS/c1-3(2)4/q+1. The molecule has 4 heavy (non-hydrogen) atoms. The van der Waals surface area contributed by atoms with Crippen molar-refractivity contribution >= 4 is 45.6 Å². The lowest BCUT2D eigenvalue weighted by molar-refractivity contribution is 5.09. The van der Waals surface area contributed by atoms with Crippen LogP contribution in [-0.4, -0.2) is 7.57 Å². The van der Waals surface area contributed by atoms with Crippen molar-refractivity contribution in [1.29, 1.82) is 0 Å². The lowest BCUT2D eigenvalue weighted by atomic mass is 10.8. The first kappa shape index (κ1) is 5.31. The van der Waals surface area contributed by atoms with E-state index in [0.717, 1.165) is 0 Å². The zero-order chi connectivity index (χ0) is 3.58. The Morgan fingerprint density at radius 1 is 2.00 bits per heavy atom. The van der Waals surface area contributed by atoms with Crippen molar-refractivity contribution < 1.29 is 0 Å². The molecule has 0 bridgehead atoms. The van der Waals surface area contributed by atoms with Crippen LogP contribution < -0.4 is 0 Å². The van der Waals surface area contributed by atoms with Crippen LogP contribution in [0.2, 0.25) is 0 Å². The minimum absolute atomic E-state index is 0.567. The molecule has 0 amide bonds. The Morgan fingerprint density at radius 2 is 2.00 bits per heavy atom. The van der Waals surface area contributed by atoms with Crippen molar-refractivity contribution in [3.8, 4) is 0 Å². The maximum absolute atomic E-state index is 4.98. The number of halogens is 1. The summed E-state index contributed by atoms with van der Waals surface area (Å²) in [5.41, 5.74) is 0. The van der Waals surface area contributed by atoms with Crippen LogP contribution in [0.1, 0.15) is 0 Å². The van der Waals surface area contributed by atoms with Gasteiger partial charge in [-0.05, 0) is 0 Å². The molecule has 0 fully saturated rings. The summed E-state index contributed by atoms with van der Waals surface area (Å²) in [5.74, 6) is 0. The SMILES string of the molecule is [B][P+](=S)I. The van der Waals surface area contributed by atoms with Crippen molar-refractivity contribution in [3.05, 3.63) is 0 Å². The zero-order valence-corrected chi connectivity index (χ0v) is 5.68. The fourth-order valence-corrected chi connectivity index (χ4v) is 0. The zero-order valence-electron chi connectivity index (χ0n) is 1.81. The molecule has 2 radical (unpaired) electrons. The van der Waals surface area contributed by atoms with E-state index < -0.39 is 4.22 Å². The van der Waals surface area contributed by atoms with Gasteiger partial charge in [0.25, 0.3) is 0 Å². The predicted molar refractivity (Wildman–Crippen MR) is 34.1 cm³/mol. The summed E-state index contributed by atoms with van der Waals surface area (Å²) >= 11 is 6.45. The van der Waals surface area contributed by atoms with Gasteiger partial charge in [0, 0.05) is 0 Å². The van der Waals surface area contributed by atoms with Crippen LogP contribution in [-0.2, 0) is 11.8 Å². The highest BCUT2D eigenvalue weighted by atomic mass is 127. The molecule has 0 aromatic rings. The third-order valence-corrected chi connectivity index (χ3v) is 0. The third-order valence-electron chi connectivity index (χ3n) is 0. The van der Waals surface area contributed by atoms with Crippen molar-refractivity contribution in [2.75, 3.05) is 0 Å². The van der Waals surface area contributed by atoms with E-state index in [0.29, 0.717) is 0 Å². The summed E-state index contributed by atoms with van der Waals surface area (Å²) in [6.45, 7) is 0. The molecule has 0 aromatic heterocycles. The summed E-state index contributed by atoms with van der Waals surface area (Å²) in [6.07, 6.45) is 0. The molecular weight excluding hydrogens is 201 g/mol. The monoisotopic (exact) mass is 201 g/mol. The predicted octanol–water partition coefficient (Wildman–Crippen LogP) is 1.36. The molecule has 0 aliphatic heterocycles. The highest BCUT2D eigenvalue weighted by Crippen LogP contribution is 2.22. The van der Waals surface area contributed by atoms with Crippen LogP contribution in [0.3, 0.4) is 0 Å². The summed E-state index contributed by atoms with van der Waals surface area (Å²) in [4.78, 5) is 0. The molecule has 4 heteroatoms. The molecule has 0 aliphatic carbocycles. The Bertz CT molecular complexity index is 31.0. The van der Waals surface area contributed by atoms with Crippen molar-refractivity contribution in [1.82, 2.24) is 0 Å². The highest BCUT2D eigenvalue weighted by molar-refractivity contribution is 14.2. The molecule has 0 N–H and O–H groups in total. The summed E-state index contributed by atoms with van der Waals surface area (Å²) in [5, 5.41) is 0. The van der Waals surface area contributed by atoms with Crippen LogP contribution >= 0.6 is 26.3 Å². The van der Waals surface area contributed by atoms with Crippen LogP contribution in [0.5, 0.6) is 0 Å². The van der Waals surface area contributed by atoms with Gasteiger partial charge >= 0.3 is 7.57 Å². The van der Waals surface area contributed by atoms with E-state index >= 15 is 0 Å². The van der Waals surface area contributed by atoms with Gasteiger partial charge in [0.1, 0.15) is 11.8 Å². The lowest BCUT2D eigenvalue weighted by Gasteiger charge is -1.35. The Hall–Kier alpha value is 1.31. The average Bonchev–Trinajstić information content (AvgIpc) is 0.811. The Morgan fingerprint density at radius 3 is 2.00 bits per heavy atom. The quantitative estimate of drug-likeness (QED) is 0.323. The first-order valence-corrected chi connectivity index (χ1v) is 5.82. The van der Waals surface area contributed by atoms with Crippen LogP contribution in [0.15, 0.2) is 0 Å². The lowest BCUT2D eigenvalue weighted by Crippen LogP contribution is -1.22. The Labute approximate surface area is 45.6 Å². The van der Waals surface area contributed by atoms with Gasteiger partial charge in [0.15, 0.2) is 4.22 Å². The van der Waals surface area contributed by atoms with Crippen LogP contribution in [0.25, 0.3) is 0 Å². The number of hydrogen-bond acceptors (Lipinski definition) is 1. The fourth-order valence-electron chi connectivity index (χ4n) is 0. The van der Waals surface area contributed by atoms with Gasteiger partial charge in [-0.3, -0.25) is 0 Å². The molecule has 20 valence electrons. The normalized spacial score (nSPS) is 10.8. The molecule has 0 heterocycles. The van der Waals surface area contributed by atoms with Gasteiger partial charge in [-0.25, -0.2) is 0 Å². The molecule has 0 aromatic carbocycles. The van der Waals surface area contributed by atoms with Crippen molar-refractivity contribution in [2.24, 2.45) is 0 Å². The van der Waals surface area contributed by atoms with E-state index in [9.17, 15) is 0 Å². The molecule has 0 spiro atoms. The fraction of sp³-hybridized carbons (Fsp3) is 0. The van der Waals surface area contributed by atoms with Gasteiger partial charge in [-0.15, -0.1) is 0 Å². The van der Waals surface area contributed by atoms with E-state index in [2.05, 4.69) is 11.8 Å². The second kappa shape index (κ2) is 2.55. The maximum Gasteiger partial charge on any atom is 0.474 e. The van der Waals surface area contributed by atoms with Crippen molar-refractivity contribution in [2.45, 2.75) is 0 Å². The topological polar surface area (TPSA) is 0 Å². The minimum atomic E-state index is -0.567. The molecule has 0 rings (SSSR count). The van der Waals surface area contributed by atoms with Gasteiger partial charge in [-0.1, -0.05) is 0 Å². The van der Waals surface area contributed by atoms with E-state index in [1.807, 2.05) is 22.0 Å². The number of hydrogen-bond donors (Lipinski definition) is 0. The largest absolute Gasteiger partial charge is 0.474 e. The first-order valence-electron chi connectivity index (χ1n) is 0.610. The summed E-state index contributed by atoms with van der Waals surface area (Å²) in [6, 6.07) is 0. The molecule has 0 saturated heterocycles. The van der Waals surface area contributed by atoms with Crippen LogP contribution in [0.4, 0.5) is 0 Å². The van der Waals surface area contributed by atoms with Gasteiger partial charge in [0.2, 0.25) is 22.0 Å². The van der Waals surface area contributed by atoms with Crippen molar-refractivity contribution in [3.63, 3.8) is 0 Å². The van der Waals surface area contributed by atoms with Gasteiger partial charge in [-0.2, -0.15) is 0 Å². The molecule has 0 aliphatic rings. The Kier molecular flexibility index (Phi) is 3.38. The molecule has 1 unspecified atom stereocenters. The van der Waals surface area contributed by atoms with Gasteiger partial charge in [0.05, 0.1) is 0 Å². The molecular formula is BIPS+. The summed E-state index contributed by atoms with van der Waals surface area (Å²) in [7, 11) is 4.98.